The van der Waals surface area contributed by atoms with Gasteiger partial charge in [0.15, 0.2) is 5.78 Å². The molecule has 1 aliphatic carbocycles. The average Bonchev–Trinajstić information content (AvgIpc) is 2.75. The monoisotopic (exact) mass is 271 g/mol. The topological polar surface area (TPSA) is 43.1 Å². The molecule has 0 spiro atoms. The molecule has 2 N–H and O–H groups in total. The average molecular weight is 271 g/mol. The highest BCUT2D eigenvalue weighted by Crippen LogP contribution is 2.33. The third kappa shape index (κ3) is 3.35. The molecule has 2 rings (SSSR count). The quantitative estimate of drug-likeness (QED) is 0.854. The van der Waals surface area contributed by atoms with Crippen LogP contribution in [0.1, 0.15) is 48.0 Å². The van der Waals surface area contributed by atoms with Gasteiger partial charge in [-0.1, -0.05) is 25.0 Å². The highest BCUT2D eigenvalue weighted by atomic mass is 19.4. The fourth-order valence-electron chi connectivity index (χ4n) is 2.55. The summed E-state index contributed by atoms with van der Waals surface area (Å²) in [6.45, 7) is 0. The Hall–Kier alpha value is -1.36. The molecule has 0 radical (unpaired) electrons. The molecule has 0 atom stereocenters. The van der Waals surface area contributed by atoms with Crippen LogP contribution in [-0.2, 0) is 6.18 Å². The minimum Gasteiger partial charge on any atom is -0.325 e. The molecule has 5 heteroatoms. The fraction of sp³-hybridized carbons (Fsp3) is 0.500. The molecule has 1 aromatic carbocycles. The van der Waals surface area contributed by atoms with Gasteiger partial charge < -0.3 is 5.73 Å². The highest BCUT2D eigenvalue weighted by molar-refractivity contribution is 5.97. The number of hydrogen-bond acceptors (Lipinski definition) is 2. The Labute approximate surface area is 109 Å². The Kier molecular flexibility index (Phi) is 3.67. The van der Waals surface area contributed by atoms with Crippen molar-refractivity contribution in [2.45, 2.75) is 43.8 Å². The Morgan fingerprint density at radius 3 is 2.47 bits per heavy atom. The summed E-state index contributed by atoms with van der Waals surface area (Å²) >= 11 is 0. The molecule has 1 saturated carbocycles. The third-order valence-corrected chi connectivity index (χ3v) is 3.62. The summed E-state index contributed by atoms with van der Waals surface area (Å²) in [5, 5.41) is 0. The van der Waals surface area contributed by atoms with Crippen LogP contribution in [0.4, 0.5) is 13.2 Å². The van der Waals surface area contributed by atoms with Gasteiger partial charge in [0.1, 0.15) is 0 Å². The zero-order valence-electron chi connectivity index (χ0n) is 10.5. The van der Waals surface area contributed by atoms with Gasteiger partial charge in [-0.05, 0) is 25.0 Å². The Balaban J connectivity index is 2.15. The number of alkyl halides is 3. The SMILES string of the molecule is NC1(CC(=O)c2cccc(C(F)(F)F)c2)CCCC1. The maximum atomic E-state index is 12.6. The van der Waals surface area contributed by atoms with Crippen molar-refractivity contribution in [3.63, 3.8) is 0 Å². The van der Waals surface area contributed by atoms with Gasteiger partial charge in [-0.15, -0.1) is 0 Å². The predicted octanol–water partition coefficient (Wildman–Crippen LogP) is 3.55. The second kappa shape index (κ2) is 4.96. The van der Waals surface area contributed by atoms with Gasteiger partial charge in [-0.25, -0.2) is 0 Å². The normalized spacial score (nSPS) is 18.5. The summed E-state index contributed by atoms with van der Waals surface area (Å²) in [5.41, 5.74) is 4.84. The van der Waals surface area contributed by atoms with Gasteiger partial charge in [-0.2, -0.15) is 13.2 Å². The van der Waals surface area contributed by atoms with Crippen molar-refractivity contribution in [1.82, 2.24) is 0 Å². The van der Waals surface area contributed by atoms with Crippen LogP contribution >= 0.6 is 0 Å². The van der Waals surface area contributed by atoms with Crippen LogP contribution in [0.25, 0.3) is 0 Å². The minimum atomic E-state index is -4.43. The van der Waals surface area contributed by atoms with Crippen molar-refractivity contribution >= 4 is 5.78 Å². The second-order valence-electron chi connectivity index (χ2n) is 5.25. The molecule has 1 aromatic rings. The summed E-state index contributed by atoms with van der Waals surface area (Å²) in [5.74, 6) is -0.310. The van der Waals surface area contributed by atoms with E-state index in [0.717, 1.165) is 37.8 Å². The fourth-order valence-corrected chi connectivity index (χ4v) is 2.55. The van der Waals surface area contributed by atoms with E-state index in [2.05, 4.69) is 0 Å². The molecule has 104 valence electrons. The Morgan fingerprint density at radius 2 is 1.89 bits per heavy atom. The zero-order chi connectivity index (χ0) is 14.1. The number of hydrogen-bond donors (Lipinski definition) is 1. The lowest BCUT2D eigenvalue weighted by molar-refractivity contribution is -0.137. The van der Waals surface area contributed by atoms with E-state index in [0.29, 0.717) is 0 Å². The molecular formula is C14H16F3NO. The summed E-state index contributed by atoms with van der Waals surface area (Å²) < 4.78 is 37.7. The highest BCUT2D eigenvalue weighted by Gasteiger charge is 2.34. The Morgan fingerprint density at radius 1 is 1.26 bits per heavy atom. The maximum absolute atomic E-state index is 12.6. The molecule has 0 aromatic heterocycles. The first kappa shape index (κ1) is 14.1. The van der Waals surface area contributed by atoms with E-state index < -0.39 is 17.3 Å². The molecular weight excluding hydrogens is 255 g/mol. The van der Waals surface area contributed by atoms with E-state index in [1.165, 1.54) is 12.1 Å². The lowest BCUT2D eigenvalue weighted by Crippen LogP contribution is -2.38. The summed E-state index contributed by atoms with van der Waals surface area (Å²) in [6.07, 6.45) is -0.827. The van der Waals surface area contributed by atoms with E-state index in [9.17, 15) is 18.0 Å². The smallest absolute Gasteiger partial charge is 0.325 e. The Bertz CT molecular complexity index is 476. The molecule has 0 unspecified atom stereocenters. The van der Waals surface area contributed by atoms with E-state index >= 15 is 0 Å². The lowest BCUT2D eigenvalue weighted by Gasteiger charge is -2.22. The van der Waals surface area contributed by atoms with E-state index in [1.807, 2.05) is 0 Å². The molecule has 1 aliphatic rings. The van der Waals surface area contributed by atoms with Gasteiger partial charge in [-0.3, -0.25) is 4.79 Å². The molecule has 0 bridgehead atoms. The van der Waals surface area contributed by atoms with Crippen molar-refractivity contribution in [3.05, 3.63) is 35.4 Å². The van der Waals surface area contributed by atoms with Crippen LogP contribution < -0.4 is 5.73 Å². The van der Waals surface area contributed by atoms with E-state index in [4.69, 9.17) is 5.73 Å². The third-order valence-electron chi connectivity index (χ3n) is 3.62. The van der Waals surface area contributed by atoms with Crippen molar-refractivity contribution < 1.29 is 18.0 Å². The molecule has 0 heterocycles. The first-order chi connectivity index (χ1) is 8.80. The largest absolute Gasteiger partial charge is 0.416 e. The zero-order valence-corrected chi connectivity index (χ0v) is 10.5. The predicted molar refractivity (Wildman–Crippen MR) is 65.8 cm³/mol. The molecule has 0 aliphatic heterocycles. The van der Waals surface area contributed by atoms with Crippen molar-refractivity contribution in [1.29, 1.82) is 0 Å². The van der Waals surface area contributed by atoms with Gasteiger partial charge in [0, 0.05) is 17.5 Å². The van der Waals surface area contributed by atoms with Gasteiger partial charge in [0.2, 0.25) is 0 Å². The lowest BCUT2D eigenvalue weighted by atomic mass is 9.89. The first-order valence-corrected chi connectivity index (χ1v) is 6.30. The van der Waals surface area contributed by atoms with Crippen LogP contribution in [0.3, 0.4) is 0 Å². The number of carbonyl (C=O) groups is 1. The van der Waals surface area contributed by atoms with Gasteiger partial charge in [0.25, 0.3) is 0 Å². The number of carbonyl (C=O) groups excluding carboxylic acids is 1. The van der Waals surface area contributed by atoms with Crippen LogP contribution in [0, 0.1) is 0 Å². The van der Waals surface area contributed by atoms with Crippen LogP contribution in [-0.4, -0.2) is 11.3 Å². The van der Waals surface area contributed by atoms with Crippen molar-refractivity contribution in [2.75, 3.05) is 0 Å². The maximum Gasteiger partial charge on any atom is 0.416 e. The number of Topliss-reactive ketones (excluding diaryl/α,β-unsaturated/α-hetero) is 1. The van der Waals surface area contributed by atoms with Crippen LogP contribution in [0.5, 0.6) is 0 Å². The number of nitrogens with two attached hydrogens (primary N) is 1. The van der Waals surface area contributed by atoms with Gasteiger partial charge >= 0.3 is 6.18 Å². The van der Waals surface area contributed by atoms with E-state index in [1.54, 1.807) is 0 Å². The summed E-state index contributed by atoms with van der Waals surface area (Å²) in [6, 6.07) is 4.54. The first-order valence-electron chi connectivity index (χ1n) is 6.30. The van der Waals surface area contributed by atoms with Crippen molar-refractivity contribution in [3.8, 4) is 0 Å². The number of halogens is 3. The summed E-state index contributed by atoms with van der Waals surface area (Å²) in [4.78, 5) is 12.0. The minimum absolute atomic E-state index is 0.0894. The van der Waals surface area contributed by atoms with Crippen LogP contribution in [0.15, 0.2) is 24.3 Å². The number of rotatable bonds is 3. The molecule has 0 saturated heterocycles. The standard InChI is InChI=1S/C14H16F3NO/c15-14(16,17)11-5-3-4-10(8-11)12(19)9-13(18)6-1-2-7-13/h3-5,8H,1-2,6-7,9,18H2. The van der Waals surface area contributed by atoms with E-state index in [-0.39, 0.29) is 17.8 Å². The molecule has 1 fully saturated rings. The second-order valence-corrected chi connectivity index (χ2v) is 5.25. The number of benzene rings is 1. The summed E-state index contributed by atoms with van der Waals surface area (Å²) in [7, 11) is 0. The van der Waals surface area contributed by atoms with Crippen molar-refractivity contribution in [2.24, 2.45) is 5.73 Å². The number of ketones is 1. The van der Waals surface area contributed by atoms with Gasteiger partial charge in [0.05, 0.1) is 5.56 Å². The van der Waals surface area contributed by atoms with Crippen LogP contribution in [0.2, 0.25) is 0 Å². The molecule has 2 nitrogen and oxygen atoms in total. The molecule has 0 amide bonds. The molecule has 19 heavy (non-hydrogen) atoms.